The highest BCUT2D eigenvalue weighted by Crippen LogP contribution is 2.28. The standard InChI is InChI=1S/C20H20N4O3/c1-13-18-15(20(26)24-9-8-17(25)23(2)10-11-24)12-16(21-19(18)27-22-13)14-6-4-3-5-7-14/h3-7,12H,8-11H2,1-2H3. The number of likely N-dealkylation sites (N-methyl/N-ethyl adjacent to an activating group) is 1. The molecule has 0 bridgehead atoms. The van der Waals surface area contributed by atoms with E-state index in [1.807, 2.05) is 30.3 Å². The van der Waals surface area contributed by atoms with E-state index < -0.39 is 0 Å². The van der Waals surface area contributed by atoms with Crippen LogP contribution in [0.4, 0.5) is 0 Å². The van der Waals surface area contributed by atoms with Crippen LogP contribution in [0.3, 0.4) is 0 Å². The highest BCUT2D eigenvalue weighted by Gasteiger charge is 2.26. The maximum absolute atomic E-state index is 13.3. The van der Waals surface area contributed by atoms with Gasteiger partial charge in [-0.15, -0.1) is 0 Å². The SMILES string of the molecule is Cc1noc2nc(-c3ccccc3)cc(C(=O)N3CCC(=O)N(C)CC3)c12. The summed E-state index contributed by atoms with van der Waals surface area (Å²) in [5, 5.41) is 4.62. The van der Waals surface area contributed by atoms with Crippen molar-refractivity contribution >= 4 is 22.9 Å². The maximum Gasteiger partial charge on any atom is 0.259 e. The van der Waals surface area contributed by atoms with E-state index >= 15 is 0 Å². The first-order valence-electron chi connectivity index (χ1n) is 8.90. The highest BCUT2D eigenvalue weighted by atomic mass is 16.5. The third kappa shape index (κ3) is 3.16. The van der Waals surface area contributed by atoms with E-state index in [4.69, 9.17) is 4.52 Å². The summed E-state index contributed by atoms with van der Waals surface area (Å²) in [6, 6.07) is 11.4. The number of aryl methyl sites for hydroxylation is 1. The Hall–Kier alpha value is -3.22. The Morgan fingerprint density at radius 2 is 1.93 bits per heavy atom. The van der Waals surface area contributed by atoms with Gasteiger partial charge in [-0.2, -0.15) is 0 Å². The monoisotopic (exact) mass is 364 g/mol. The van der Waals surface area contributed by atoms with E-state index in [1.165, 1.54) is 0 Å². The van der Waals surface area contributed by atoms with Crippen LogP contribution in [0.2, 0.25) is 0 Å². The Morgan fingerprint density at radius 1 is 1.15 bits per heavy atom. The van der Waals surface area contributed by atoms with Gasteiger partial charge in [0.15, 0.2) is 0 Å². The van der Waals surface area contributed by atoms with Crippen LogP contribution in [0.15, 0.2) is 40.9 Å². The average Bonchev–Trinajstić information content (AvgIpc) is 2.99. The Bertz CT molecular complexity index is 1010. The van der Waals surface area contributed by atoms with Crippen molar-refractivity contribution in [3.63, 3.8) is 0 Å². The second-order valence-corrected chi connectivity index (χ2v) is 6.73. The van der Waals surface area contributed by atoms with Crippen molar-refractivity contribution in [3.05, 3.63) is 47.7 Å². The van der Waals surface area contributed by atoms with Crippen LogP contribution in [0, 0.1) is 6.92 Å². The van der Waals surface area contributed by atoms with Gasteiger partial charge in [0.25, 0.3) is 11.6 Å². The van der Waals surface area contributed by atoms with Crippen LogP contribution in [0.25, 0.3) is 22.4 Å². The van der Waals surface area contributed by atoms with Crippen molar-refractivity contribution in [1.82, 2.24) is 19.9 Å². The second kappa shape index (κ2) is 6.83. The molecule has 3 heterocycles. The number of hydrogen-bond acceptors (Lipinski definition) is 5. The molecule has 2 aromatic heterocycles. The largest absolute Gasteiger partial charge is 0.344 e. The Morgan fingerprint density at radius 3 is 2.70 bits per heavy atom. The molecule has 27 heavy (non-hydrogen) atoms. The predicted molar refractivity (Wildman–Crippen MR) is 100 cm³/mol. The fourth-order valence-corrected chi connectivity index (χ4v) is 3.32. The third-order valence-corrected chi connectivity index (χ3v) is 4.93. The minimum absolute atomic E-state index is 0.0521. The number of rotatable bonds is 2. The smallest absolute Gasteiger partial charge is 0.259 e. The summed E-state index contributed by atoms with van der Waals surface area (Å²) >= 11 is 0. The minimum Gasteiger partial charge on any atom is -0.344 e. The Kier molecular flexibility index (Phi) is 4.35. The molecule has 1 aliphatic heterocycles. The average molecular weight is 364 g/mol. The lowest BCUT2D eigenvalue weighted by Crippen LogP contribution is -2.34. The molecular formula is C20H20N4O3. The molecule has 0 radical (unpaired) electrons. The Labute approximate surface area is 156 Å². The molecule has 138 valence electrons. The van der Waals surface area contributed by atoms with Crippen LogP contribution in [0.1, 0.15) is 22.5 Å². The summed E-state index contributed by atoms with van der Waals surface area (Å²) in [4.78, 5) is 33.2. The molecule has 0 spiro atoms. The molecule has 0 N–H and O–H groups in total. The number of aromatic nitrogens is 2. The van der Waals surface area contributed by atoms with Gasteiger partial charge in [-0.3, -0.25) is 9.59 Å². The zero-order chi connectivity index (χ0) is 19.0. The molecular weight excluding hydrogens is 344 g/mol. The molecule has 0 aliphatic carbocycles. The van der Waals surface area contributed by atoms with Crippen LogP contribution in [-0.4, -0.2) is 58.4 Å². The Balaban J connectivity index is 1.79. The molecule has 7 heteroatoms. The van der Waals surface area contributed by atoms with Crippen molar-refractivity contribution in [1.29, 1.82) is 0 Å². The summed E-state index contributed by atoms with van der Waals surface area (Å²) in [5.74, 6) is -0.0784. The summed E-state index contributed by atoms with van der Waals surface area (Å²) in [7, 11) is 1.76. The van der Waals surface area contributed by atoms with Crippen molar-refractivity contribution in [2.45, 2.75) is 13.3 Å². The molecule has 1 saturated heterocycles. The fourth-order valence-electron chi connectivity index (χ4n) is 3.32. The van der Waals surface area contributed by atoms with E-state index in [0.29, 0.717) is 54.1 Å². The van der Waals surface area contributed by atoms with Gasteiger partial charge < -0.3 is 14.3 Å². The summed E-state index contributed by atoms with van der Waals surface area (Å²) in [6.07, 6.45) is 0.324. The van der Waals surface area contributed by atoms with Crippen molar-refractivity contribution < 1.29 is 14.1 Å². The number of hydrogen-bond donors (Lipinski definition) is 0. The first-order valence-corrected chi connectivity index (χ1v) is 8.90. The van der Waals surface area contributed by atoms with Crippen molar-refractivity contribution in [3.8, 4) is 11.3 Å². The van der Waals surface area contributed by atoms with Gasteiger partial charge in [0, 0.05) is 38.7 Å². The molecule has 2 amide bonds. The van der Waals surface area contributed by atoms with Gasteiger partial charge in [-0.25, -0.2) is 4.98 Å². The predicted octanol–water partition coefficient (Wildman–Crippen LogP) is 2.50. The van der Waals surface area contributed by atoms with E-state index in [1.54, 1.807) is 29.8 Å². The molecule has 1 fully saturated rings. The first-order chi connectivity index (χ1) is 13.0. The normalized spacial score (nSPS) is 15.3. The molecule has 3 aromatic rings. The van der Waals surface area contributed by atoms with Crippen molar-refractivity contribution in [2.75, 3.05) is 26.7 Å². The van der Waals surface area contributed by atoms with Crippen molar-refractivity contribution in [2.24, 2.45) is 0 Å². The number of carbonyl (C=O) groups is 2. The van der Waals surface area contributed by atoms with Gasteiger partial charge in [-0.05, 0) is 13.0 Å². The first kappa shape index (κ1) is 17.2. The fraction of sp³-hybridized carbons (Fsp3) is 0.300. The third-order valence-electron chi connectivity index (χ3n) is 4.93. The molecule has 7 nitrogen and oxygen atoms in total. The molecule has 1 aromatic carbocycles. The lowest BCUT2D eigenvalue weighted by atomic mass is 10.0. The quantitative estimate of drug-likeness (QED) is 0.698. The van der Waals surface area contributed by atoms with E-state index in [-0.39, 0.29) is 11.8 Å². The second-order valence-electron chi connectivity index (χ2n) is 6.73. The summed E-state index contributed by atoms with van der Waals surface area (Å²) in [5.41, 5.74) is 3.04. The molecule has 0 saturated carbocycles. The number of carbonyl (C=O) groups excluding carboxylic acids is 2. The molecule has 0 unspecified atom stereocenters. The number of fused-ring (bicyclic) bond motifs is 1. The summed E-state index contributed by atoms with van der Waals surface area (Å²) < 4.78 is 5.35. The van der Waals surface area contributed by atoms with E-state index in [2.05, 4.69) is 10.1 Å². The number of benzene rings is 1. The zero-order valence-electron chi connectivity index (χ0n) is 15.3. The maximum atomic E-state index is 13.3. The highest BCUT2D eigenvalue weighted by molar-refractivity contribution is 6.07. The topological polar surface area (TPSA) is 79.5 Å². The van der Waals surface area contributed by atoms with Crippen LogP contribution in [-0.2, 0) is 4.79 Å². The number of pyridine rings is 1. The van der Waals surface area contributed by atoms with Gasteiger partial charge >= 0.3 is 0 Å². The van der Waals surface area contributed by atoms with Crippen LogP contribution in [0.5, 0.6) is 0 Å². The lowest BCUT2D eigenvalue weighted by Gasteiger charge is -2.21. The van der Waals surface area contributed by atoms with Gasteiger partial charge in [-0.1, -0.05) is 35.5 Å². The van der Waals surface area contributed by atoms with E-state index in [9.17, 15) is 9.59 Å². The molecule has 0 atom stereocenters. The lowest BCUT2D eigenvalue weighted by molar-refractivity contribution is -0.129. The van der Waals surface area contributed by atoms with E-state index in [0.717, 1.165) is 5.56 Å². The van der Waals surface area contributed by atoms with Gasteiger partial charge in [0.2, 0.25) is 5.91 Å². The number of nitrogens with zero attached hydrogens (tertiary/aromatic N) is 4. The van der Waals surface area contributed by atoms with Gasteiger partial charge in [0.1, 0.15) is 0 Å². The van der Waals surface area contributed by atoms with Gasteiger partial charge in [0.05, 0.1) is 22.3 Å². The van der Waals surface area contributed by atoms with Crippen LogP contribution < -0.4 is 0 Å². The minimum atomic E-state index is -0.131. The van der Waals surface area contributed by atoms with Crippen LogP contribution >= 0.6 is 0 Å². The summed E-state index contributed by atoms with van der Waals surface area (Å²) in [6.45, 7) is 3.21. The number of amides is 2. The molecule has 1 aliphatic rings. The zero-order valence-corrected chi connectivity index (χ0v) is 15.3. The molecule has 4 rings (SSSR count).